The number of hydrogen-bond donors (Lipinski definition) is 2. The van der Waals surface area contributed by atoms with Crippen LogP contribution in [0.4, 0.5) is 0 Å². The molecule has 0 bridgehead atoms. The highest BCUT2D eigenvalue weighted by Gasteiger charge is 2.29. The fourth-order valence-electron chi connectivity index (χ4n) is 2.90. The van der Waals surface area contributed by atoms with Gasteiger partial charge in [-0.2, -0.15) is 0 Å². The minimum atomic E-state index is -0.718. The Labute approximate surface area is 131 Å². The normalized spacial score (nSPS) is 26.3. The summed E-state index contributed by atoms with van der Waals surface area (Å²) in [6.45, 7) is 4.19. The smallest absolute Gasteiger partial charge is 0.223 e. The zero-order valence-corrected chi connectivity index (χ0v) is 13.4. The maximum Gasteiger partial charge on any atom is 0.223 e. The number of rotatable bonds is 5. The lowest BCUT2D eigenvalue weighted by Crippen LogP contribution is -2.40. The van der Waals surface area contributed by atoms with E-state index >= 15 is 0 Å². The van der Waals surface area contributed by atoms with Crippen LogP contribution in [0.3, 0.4) is 0 Å². The summed E-state index contributed by atoms with van der Waals surface area (Å²) in [5, 5.41) is 13.0. The molecule has 1 fully saturated rings. The van der Waals surface area contributed by atoms with Gasteiger partial charge in [0.1, 0.15) is 5.75 Å². The molecule has 2 rings (SSSR count). The highest BCUT2D eigenvalue weighted by Crippen LogP contribution is 2.25. The standard InChI is InChI=1S/C17H25NO4/c1-11-8-14(9-12(2)22-11)17(20)18-10-16(19)13-4-6-15(21-3)7-5-13/h4-7,11-12,14,16,19H,8-10H2,1-3H3,(H,18,20)/t11-,12-,16+/m0/s1. The van der Waals surface area contributed by atoms with E-state index in [4.69, 9.17) is 9.47 Å². The molecular weight excluding hydrogens is 282 g/mol. The predicted octanol–water partition coefficient (Wildman–Crippen LogP) is 2.05. The lowest BCUT2D eigenvalue weighted by molar-refractivity contribution is -0.133. The molecule has 3 atom stereocenters. The van der Waals surface area contributed by atoms with E-state index in [1.54, 1.807) is 31.4 Å². The quantitative estimate of drug-likeness (QED) is 0.873. The fourth-order valence-corrected chi connectivity index (χ4v) is 2.90. The molecule has 0 aromatic heterocycles. The van der Waals surface area contributed by atoms with Gasteiger partial charge in [0, 0.05) is 12.5 Å². The number of carbonyl (C=O) groups excluding carboxylic acids is 1. The van der Waals surface area contributed by atoms with Crippen LogP contribution >= 0.6 is 0 Å². The summed E-state index contributed by atoms with van der Waals surface area (Å²) in [5.74, 6) is 0.696. The maximum absolute atomic E-state index is 12.2. The molecule has 22 heavy (non-hydrogen) atoms. The molecule has 1 aliphatic rings. The van der Waals surface area contributed by atoms with Crippen molar-refractivity contribution in [2.45, 2.75) is 45.0 Å². The van der Waals surface area contributed by atoms with Crippen LogP contribution in [0.1, 0.15) is 38.4 Å². The number of nitrogens with one attached hydrogen (secondary N) is 1. The van der Waals surface area contributed by atoms with Gasteiger partial charge in [-0.15, -0.1) is 0 Å². The summed E-state index contributed by atoms with van der Waals surface area (Å²) in [5.41, 5.74) is 0.759. The van der Waals surface area contributed by atoms with E-state index in [9.17, 15) is 9.90 Å². The Morgan fingerprint density at radius 3 is 2.45 bits per heavy atom. The SMILES string of the molecule is COc1ccc([C@H](O)CNC(=O)C2C[C@H](C)O[C@@H](C)C2)cc1. The van der Waals surface area contributed by atoms with Crippen molar-refractivity contribution in [1.82, 2.24) is 5.32 Å². The third-order valence-corrected chi connectivity index (χ3v) is 4.04. The van der Waals surface area contributed by atoms with Crippen LogP contribution in [-0.4, -0.2) is 36.9 Å². The number of hydrogen-bond acceptors (Lipinski definition) is 4. The number of aliphatic hydroxyl groups is 1. The van der Waals surface area contributed by atoms with Crippen LogP contribution in [0, 0.1) is 5.92 Å². The number of ether oxygens (including phenoxy) is 2. The molecule has 5 heteroatoms. The van der Waals surface area contributed by atoms with Crippen LogP contribution in [0.15, 0.2) is 24.3 Å². The summed E-state index contributed by atoms with van der Waals surface area (Å²) in [7, 11) is 1.60. The molecule has 1 heterocycles. The first-order valence-corrected chi connectivity index (χ1v) is 7.74. The van der Waals surface area contributed by atoms with Gasteiger partial charge in [-0.3, -0.25) is 4.79 Å². The van der Waals surface area contributed by atoms with Crippen LogP contribution in [0.2, 0.25) is 0 Å². The van der Waals surface area contributed by atoms with Crippen molar-refractivity contribution in [1.29, 1.82) is 0 Å². The molecule has 0 unspecified atom stereocenters. The van der Waals surface area contributed by atoms with Crippen molar-refractivity contribution in [3.63, 3.8) is 0 Å². The molecular formula is C17H25NO4. The van der Waals surface area contributed by atoms with E-state index in [2.05, 4.69) is 5.32 Å². The summed E-state index contributed by atoms with van der Waals surface area (Å²) >= 11 is 0. The topological polar surface area (TPSA) is 67.8 Å². The van der Waals surface area contributed by atoms with E-state index < -0.39 is 6.10 Å². The average Bonchev–Trinajstić information content (AvgIpc) is 2.51. The van der Waals surface area contributed by atoms with Gasteiger partial charge >= 0.3 is 0 Å². The predicted molar refractivity (Wildman–Crippen MR) is 83.7 cm³/mol. The Morgan fingerprint density at radius 2 is 1.91 bits per heavy atom. The lowest BCUT2D eigenvalue weighted by Gasteiger charge is -2.31. The number of carbonyl (C=O) groups is 1. The van der Waals surface area contributed by atoms with E-state index in [-0.39, 0.29) is 30.6 Å². The second-order valence-corrected chi connectivity index (χ2v) is 5.96. The van der Waals surface area contributed by atoms with Crippen molar-refractivity contribution in [3.05, 3.63) is 29.8 Å². The Hall–Kier alpha value is -1.59. The summed E-state index contributed by atoms with van der Waals surface area (Å²) in [4.78, 5) is 12.2. The van der Waals surface area contributed by atoms with E-state index in [1.165, 1.54) is 0 Å². The fraction of sp³-hybridized carbons (Fsp3) is 0.588. The zero-order chi connectivity index (χ0) is 16.1. The van der Waals surface area contributed by atoms with Gasteiger partial charge in [0.05, 0.1) is 25.4 Å². The maximum atomic E-state index is 12.2. The summed E-state index contributed by atoms with van der Waals surface area (Å²) in [6.07, 6.45) is 0.949. The van der Waals surface area contributed by atoms with Crippen LogP contribution < -0.4 is 10.1 Å². The monoisotopic (exact) mass is 307 g/mol. The van der Waals surface area contributed by atoms with Gasteiger partial charge in [0.2, 0.25) is 5.91 Å². The summed E-state index contributed by atoms with van der Waals surface area (Å²) in [6, 6.07) is 7.19. The van der Waals surface area contributed by atoms with Crippen molar-refractivity contribution >= 4 is 5.91 Å². The van der Waals surface area contributed by atoms with E-state index in [1.807, 2.05) is 13.8 Å². The molecule has 0 aliphatic carbocycles. The van der Waals surface area contributed by atoms with Gasteiger partial charge in [0.15, 0.2) is 0 Å². The summed E-state index contributed by atoms with van der Waals surface area (Å²) < 4.78 is 10.7. The number of methoxy groups -OCH3 is 1. The van der Waals surface area contributed by atoms with Crippen LogP contribution in [0.5, 0.6) is 5.75 Å². The Morgan fingerprint density at radius 1 is 1.32 bits per heavy atom. The highest BCUT2D eigenvalue weighted by molar-refractivity contribution is 5.78. The highest BCUT2D eigenvalue weighted by atomic mass is 16.5. The minimum Gasteiger partial charge on any atom is -0.497 e. The molecule has 1 saturated heterocycles. The van der Waals surface area contributed by atoms with Gasteiger partial charge in [-0.25, -0.2) is 0 Å². The van der Waals surface area contributed by atoms with Crippen molar-refractivity contribution < 1.29 is 19.4 Å². The van der Waals surface area contributed by atoms with Crippen molar-refractivity contribution in [2.75, 3.05) is 13.7 Å². The molecule has 0 saturated carbocycles. The molecule has 5 nitrogen and oxygen atoms in total. The van der Waals surface area contributed by atoms with Gasteiger partial charge in [-0.05, 0) is 44.4 Å². The molecule has 122 valence electrons. The number of aliphatic hydroxyl groups excluding tert-OH is 1. The van der Waals surface area contributed by atoms with Crippen molar-refractivity contribution in [3.8, 4) is 5.75 Å². The first-order chi connectivity index (χ1) is 10.5. The zero-order valence-electron chi connectivity index (χ0n) is 13.4. The molecule has 1 aliphatic heterocycles. The minimum absolute atomic E-state index is 0.00504. The molecule has 1 aromatic rings. The molecule has 1 amide bonds. The third-order valence-electron chi connectivity index (χ3n) is 4.04. The average molecular weight is 307 g/mol. The van der Waals surface area contributed by atoms with Crippen molar-refractivity contribution in [2.24, 2.45) is 5.92 Å². The second kappa shape index (κ2) is 7.61. The van der Waals surface area contributed by atoms with Crippen LogP contribution in [0.25, 0.3) is 0 Å². The van der Waals surface area contributed by atoms with Gasteiger partial charge in [0.25, 0.3) is 0 Å². The van der Waals surface area contributed by atoms with Gasteiger partial charge < -0.3 is 19.9 Å². The van der Waals surface area contributed by atoms with E-state index in [0.717, 1.165) is 24.2 Å². The van der Waals surface area contributed by atoms with Crippen LogP contribution in [-0.2, 0) is 9.53 Å². The Kier molecular flexibility index (Phi) is 5.80. The molecule has 1 aromatic carbocycles. The molecule has 2 N–H and O–H groups in total. The van der Waals surface area contributed by atoms with Gasteiger partial charge in [-0.1, -0.05) is 12.1 Å². The lowest BCUT2D eigenvalue weighted by atomic mass is 9.92. The van der Waals surface area contributed by atoms with E-state index in [0.29, 0.717) is 0 Å². The molecule has 0 radical (unpaired) electrons. The number of benzene rings is 1. The third kappa shape index (κ3) is 4.45. The Bertz CT molecular complexity index is 478. The first kappa shape index (κ1) is 16.8. The Balaban J connectivity index is 1.84. The number of amides is 1. The largest absolute Gasteiger partial charge is 0.497 e. The first-order valence-electron chi connectivity index (χ1n) is 7.74. The molecule has 0 spiro atoms. The second-order valence-electron chi connectivity index (χ2n) is 5.96.